The smallest absolute Gasteiger partial charge is 0.0433 e. The van der Waals surface area contributed by atoms with Gasteiger partial charge in [-0.05, 0) is 6.42 Å². The fraction of sp³-hybridized carbons (Fsp3) is 0.667. The Balaban J connectivity index is 2.62. The Kier molecular flexibility index (Phi) is 3.10. The molecule has 2 nitrogen and oxygen atoms in total. The van der Waals surface area contributed by atoms with Crippen LogP contribution in [-0.2, 0) is 0 Å². The zero-order valence-electron chi connectivity index (χ0n) is 3.18. The van der Waals surface area contributed by atoms with Gasteiger partial charge in [0.2, 0.25) is 0 Å². The molecule has 0 aliphatic rings. The summed E-state index contributed by atoms with van der Waals surface area (Å²) in [5.41, 5.74) is 0. The van der Waals surface area contributed by atoms with Gasteiger partial charge in [0.1, 0.15) is 0 Å². The van der Waals surface area contributed by atoms with Gasteiger partial charge >= 0.3 is 0 Å². The van der Waals surface area contributed by atoms with Crippen molar-refractivity contribution in [2.75, 3.05) is 0 Å². The molecule has 0 bridgehead atoms. The van der Waals surface area contributed by atoms with E-state index in [4.69, 9.17) is 5.21 Å². The normalized spacial score (nSPS) is 9.80. The lowest BCUT2D eigenvalue weighted by Crippen LogP contribution is -1.61. The van der Waals surface area contributed by atoms with E-state index in [-0.39, 0.29) is 0 Å². The standard InChI is InChI=1S/C3H7NO/c1-2-3-4-5/h3,5H,2H2,1H3/b4-3+. The number of oxime groups is 1. The number of nitrogens with zero attached hydrogens (tertiary/aromatic N) is 1. The molecule has 1 N–H and O–H groups in total. The third-order valence-corrected chi connectivity index (χ3v) is 0.264. The van der Waals surface area contributed by atoms with Crippen molar-refractivity contribution < 1.29 is 5.21 Å². The maximum Gasteiger partial charge on any atom is 0.0433 e. The van der Waals surface area contributed by atoms with Crippen LogP contribution in [0.3, 0.4) is 0 Å². The number of hydrogen-bond acceptors (Lipinski definition) is 2. The van der Waals surface area contributed by atoms with Crippen LogP contribution in [0, 0.1) is 0 Å². The van der Waals surface area contributed by atoms with Crippen molar-refractivity contribution in [1.82, 2.24) is 0 Å². The highest BCUT2D eigenvalue weighted by atomic mass is 16.4. The second-order valence-corrected chi connectivity index (χ2v) is 0.706. The predicted octanol–water partition coefficient (Wildman–Crippen LogP) is 0.856. The van der Waals surface area contributed by atoms with E-state index in [0.29, 0.717) is 0 Å². The molecule has 0 amide bonds. The van der Waals surface area contributed by atoms with Gasteiger partial charge in [0.05, 0.1) is 0 Å². The van der Waals surface area contributed by atoms with Gasteiger partial charge in [-0.2, -0.15) is 0 Å². The molecule has 0 unspecified atom stereocenters. The topological polar surface area (TPSA) is 32.6 Å². The molecule has 0 fully saturated rings. The Bertz CT molecular complexity index is 33.9. The minimum absolute atomic E-state index is 0.802. The molecule has 0 aromatic carbocycles. The van der Waals surface area contributed by atoms with Crippen LogP contribution in [0.5, 0.6) is 0 Å². The second kappa shape index (κ2) is 3.47. The minimum atomic E-state index is 0.802. The molecule has 0 spiro atoms. The van der Waals surface area contributed by atoms with Gasteiger partial charge in [-0.25, -0.2) is 0 Å². The molecule has 2 heteroatoms. The third kappa shape index (κ3) is 3.47. The second-order valence-electron chi connectivity index (χ2n) is 0.706. The van der Waals surface area contributed by atoms with Crippen LogP contribution in [0.15, 0.2) is 5.16 Å². The minimum Gasteiger partial charge on any atom is -0.411 e. The molecule has 5 heavy (non-hydrogen) atoms. The van der Waals surface area contributed by atoms with Gasteiger partial charge in [0.15, 0.2) is 0 Å². The molecular weight excluding hydrogens is 66.0 g/mol. The van der Waals surface area contributed by atoms with Crippen LogP contribution in [0.2, 0.25) is 0 Å². The SMILES string of the molecule is CC/C=N/O. The quantitative estimate of drug-likeness (QED) is 0.278. The van der Waals surface area contributed by atoms with Gasteiger partial charge in [-0.1, -0.05) is 6.92 Å². The highest BCUT2D eigenvalue weighted by Gasteiger charge is 1.55. The van der Waals surface area contributed by atoms with Gasteiger partial charge in [-0.15, -0.1) is 5.16 Å². The summed E-state index contributed by atoms with van der Waals surface area (Å²) in [5, 5.41) is 10.4. The summed E-state index contributed by atoms with van der Waals surface area (Å²) >= 11 is 0. The van der Waals surface area contributed by atoms with Crippen molar-refractivity contribution in [3.05, 3.63) is 0 Å². The van der Waals surface area contributed by atoms with Crippen molar-refractivity contribution in [3.63, 3.8) is 0 Å². The molecule has 0 radical (unpaired) electrons. The number of hydrogen-bond donors (Lipinski definition) is 1. The lowest BCUT2D eigenvalue weighted by molar-refractivity contribution is 0.320. The van der Waals surface area contributed by atoms with Gasteiger partial charge < -0.3 is 5.21 Å². The Morgan fingerprint density at radius 1 is 2.00 bits per heavy atom. The van der Waals surface area contributed by atoms with Crippen LogP contribution in [0.4, 0.5) is 0 Å². The molecule has 0 saturated carbocycles. The third-order valence-electron chi connectivity index (χ3n) is 0.264. The summed E-state index contributed by atoms with van der Waals surface area (Å²) in [6, 6.07) is 0. The summed E-state index contributed by atoms with van der Waals surface area (Å²) < 4.78 is 0. The maximum absolute atomic E-state index is 7.64. The van der Waals surface area contributed by atoms with E-state index in [9.17, 15) is 0 Å². The number of rotatable bonds is 1. The van der Waals surface area contributed by atoms with E-state index in [0.717, 1.165) is 6.42 Å². The van der Waals surface area contributed by atoms with Gasteiger partial charge in [0.25, 0.3) is 0 Å². The van der Waals surface area contributed by atoms with Crippen LogP contribution in [0.25, 0.3) is 0 Å². The van der Waals surface area contributed by atoms with Crippen molar-refractivity contribution in [1.29, 1.82) is 0 Å². The summed E-state index contributed by atoms with van der Waals surface area (Å²) in [7, 11) is 0. The first-order valence-electron chi connectivity index (χ1n) is 1.57. The molecule has 0 atom stereocenters. The van der Waals surface area contributed by atoms with E-state index in [1.807, 2.05) is 6.92 Å². The molecule has 30 valence electrons. The lowest BCUT2D eigenvalue weighted by atomic mass is 10.6. The molecule has 0 aliphatic heterocycles. The average Bonchev–Trinajstić information content (AvgIpc) is 1.41. The van der Waals surface area contributed by atoms with Gasteiger partial charge in [-0.3, -0.25) is 0 Å². The molecule has 0 saturated heterocycles. The molecule has 0 rings (SSSR count). The fourth-order valence-corrected chi connectivity index (χ4v) is 0.0816. The van der Waals surface area contributed by atoms with E-state index in [1.165, 1.54) is 6.21 Å². The molecule has 0 heterocycles. The summed E-state index contributed by atoms with van der Waals surface area (Å²) in [5.74, 6) is 0. The van der Waals surface area contributed by atoms with E-state index in [2.05, 4.69) is 5.16 Å². The largest absolute Gasteiger partial charge is 0.411 e. The van der Waals surface area contributed by atoms with Crippen molar-refractivity contribution in [2.24, 2.45) is 5.16 Å². The van der Waals surface area contributed by atoms with Crippen LogP contribution < -0.4 is 0 Å². The predicted molar refractivity (Wildman–Crippen MR) is 20.6 cm³/mol. The molecule has 0 aromatic heterocycles. The molecule has 0 aliphatic carbocycles. The van der Waals surface area contributed by atoms with E-state index >= 15 is 0 Å². The zero-order chi connectivity index (χ0) is 4.12. The maximum atomic E-state index is 7.64. The van der Waals surface area contributed by atoms with Crippen molar-refractivity contribution in [3.8, 4) is 0 Å². The summed E-state index contributed by atoms with van der Waals surface area (Å²) in [6.45, 7) is 1.90. The first kappa shape index (κ1) is 4.47. The summed E-state index contributed by atoms with van der Waals surface area (Å²) in [6.07, 6.45) is 2.23. The Morgan fingerprint density at radius 2 is 2.60 bits per heavy atom. The van der Waals surface area contributed by atoms with Crippen LogP contribution in [-0.4, -0.2) is 11.4 Å². The first-order valence-corrected chi connectivity index (χ1v) is 1.57. The van der Waals surface area contributed by atoms with E-state index < -0.39 is 0 Å². The van der Waals surface area contributed by atoms with E-state index in [1.54, 1.807) is 0 Å². The Hall–Kier alpha value is -0.530. The highest BCUT2D eigenvalue weighted by molar-refractivity contribution is 5.55. The van der Waals surface area contributed by atoms with Crippen LogP contribution >= 0.6 is 0 Å². The van der Waals surface area contributed by atoms with Crippen molar-refractivity contribution >= 4 is 6.21 Å². The highest BCUT2D eigenvalue weighted by Crippen LogP contribution is 1.60. The molecule has 0 aromatic rings. The molecular formula is C3H7NO. The zero-order valence-corrected chi connectivity index (χ0v) is 3.18. The Labute approximate surface area is 31.1 Å². The Morgan fingerprint density at radius 3 is 2.60 bits per heavy atom. The summed E-state index contributed by atoms with van der Waals surface area (Å²) in [4.78, 5) is 0. The monoisotopic (exact) mass is 73.1 g/mol. The fourth-order valence-electron chi connectivity index (χ4n) is 0.0816. The van der Waals surface area contributed by atoms with Gasteiger partial charge in [0, 0.05) is 6.21 Å². The van der Waals surface area contributed by atoms with Crippen molar-refractivity contribution in [2.45, 2.75) is 13.3 Å². The average molecular weight is 73.1 g/mol. The first-order chi connectivity index (χ1) is 2.41. The lowest BCUT2D eigenvalue weighted by Gasteiger charge is -1.64. The van der Waals surface area contributed by atoms with Crippen LogP contribution in [0.1, 0.15) is 13.3 Å².